The maximum absolute atomic E-state index is 11.3. The van der Waals surface area contributed by atoms with E-state index in [4.69, 9.17) is 9.47 Å². The summed E-state index contributed by atoms with van der Waals surface area (Å²) in [6.07, 6.45) is 0. The van der Waals surface area contributed by atoms with Gasteiger partial charge in [0.25, 0.3) is 0 Å². The molecule has 0 unspecified atom stereocenters. The Balaban J connectivity index is 1.67. The molecular formula is C13H19N3O3. The van der Waals surface area contributed by atoms with Gasteiger partial charge in [-0.3, -0.25) is 0 Å². The van der Waals surface area contributed by atoms with E-state index in [1.807, 2.05) is 18.2 Å². The Bertz CT molecular complexity index is 449. The van der Waals surface area contributed by atoms with Gasteiger partial charge < -0.3 is 25.0 Å². The molecule has 2 amide bonds. The zero-order chi connectivity index (χ0) is 13.7. The maximum atomic E-state index is 11.3. The van der Waals surface area contributed by atoms with E-state index in [-0.39, 0.29) is 6.03 Å². The van der Waals surface area contributed by atoms with Crippen LogP contribution in [0.3, 0.4) is 0 Å². The Morgan fingerprint density at radius 3 is 2.84 bits per heavy atom. The third-order valence-electron chi connectivity index (χ3n) is 2.75. The number of amides is 2. The van der Waals surface area contributed by atoms with Crippen molar-refractivity contribution in [2.75, 3.05) is 34.0 Å². The Morgan fingerprint density at radius 1 is 1.26 bits per heavy atom. The molecule has 0 saturated heterocycles. The van der Waals surface area contributed by atoms with E-state index >= 15 is 0 Å². The van der Waals surface area contributed by atoms with Crippen LogP contribution in [-0.4, -0.2) is 44.9 Å². The van der Waals surface area contributed by atoms with Gasteiger partial charge in [-0.15, -0.1) is 0 Å². The molecule has 2 N–H and O–H groups in total. The fourth-order valence-electron chi connectivity index (χ4n) is 1.70. The summed E-state index contributed by atoms with van der Waals surface area (Å²) in [5.74, 6) is 1.59. The van der Waals surface area contributed by atoms with Crippen LogP contribution < -0.4 is 20.1 Å². The van der Waals surface area contributed by atoms with Gasteiger partial charge in [0, 0.05) is 33.7 Å². The Kier molecular flexibility index (Phi) is 4.46. The van der Waals surface area contributed by atoms with Gasteiger partial charge in [-0.25, -0.2) is 4.79 Å². The van der Waals surface area contributed by atoms with E-state index in [0.717, 1.165) is 23.6 Å². The van der Waals surface area contributed by atoms with Gasteiger partial charge in [-0.2, -0.15) is 0 Å². The fraction of sp³-hybridized carbons (Fsp3) is 0.462. The topological polar surface area (TPSA) is 62.8 Å². The average Bonchev–Trinajstić information content (AvgIpc) is 2.85. The third kappa shape index (κ3) is 3.75. The number of hydrogen-bond acceptors (Lipinski definition) is 4. The lowest BCUT2D eigenvalue weighted by molar-refractivity contribution is 0.174. The monoisotopic (exact) mass is 265 g/mol. The largest absolute Gasteiger partial charge is 0.454 e. The second kappa shape index (κ2) is 6.29. The number of carbonyl (C=O) groups is 1. The Morgan fingerprint density at radius 2 is 2.05 bits per heavy atom. The van der Waals surface area contributed by atoms with Gasteiger partial charge in [-0.05, 0) is 17.7 Å². The third-order valence-corrected chi connectivity index (χ3v) is 2.75. The van der Waals surface area contributed by atoms with Gasteiger partial charge in [0.2, 0.25) is 6.79 Å². The fourth-order valence-corrected chi connectivity index (χ4v) is 1.70. The number of nitrogens with one attached hydrogen (secondary N) is 2. The van der Waals surface area contributed by atoms with E-state index in [1.54, 1.807) is 14.1 Å². The Hall–Kier alpha value is -1.95. The molecule has 0 radical (unpaired) electrons. The van der Waals surface area contributed by atoms with Crippen molar-refractivity contribution in [3.8, 4) is 11.5 Å². The van der Waals surface area contributed by atoms with E-state index in [1.165, 1.54) is 4.90 Å². The highest BCUT2D eigenvalue weighted by Crippen LogP contribution is 2.32. The van der Waals surface area contributed by atoms with Gasteiger partial charge in [-0.1, -0.05) is 6.07 Å². The number of rotatable bonds is 5. The number of benzene rings is 1. The summed E-state index contributed by atoms with van der Waals surface area (Å²) in [5, 5.41) is 6.05. The summed E-state index contributed by atoms with van der Waals surface area (Å²) < 4.78 is 10.6. The van der Waals surface area contributed by atoms with Crippen molar-refractivity contribution >= 4 is 6.03 Å². The van der Waals surface area contributed by atoms with Crippen LogP contribution in [0.1, 0.15) is 5.56 Å². The summed E-state index contributed by atoms with van der Waals surface area (Å²) in [4.78, 5) is 12.8. The van der Waals surface area contributed by atoms with Crippen LogP contribution in [0.5, 0.6) is 11.5 Å². The highest BCUT2D eigenvalue weighted by atomic mass is 16.7. The molecular weight excluding hydrogens is 246 g/mol. The van der Waals surface area contributed by atoms with Crippen molar-refractivity contribution in [1.29, 1.82) is 0 Å². The molecule has 0 fully saturated rings. The number of ether oxygens (including phenoxy) is 2. The molecule has 0 aromatic heterocycles. The molecule has 1 aliphatic rings. The summed E-state index contributed by atoms with van der Waals surface area (Å²) in [6.45, 7) is 2.34. The molecule has 104 valence electrons. The first kappa shape index (κ1) is 13.5. The molecule has 19 heavy (non-hydrogen) atoms. The predicted molar refractivity (Wildman–Crippen MR) is 71.4 cm³/mol. The van der Waals surface area contributed by atoms with E-state index in [9.17, 15) is 4.79 Å². The lowest BCUT2D eigenvalue weighted by atomic mass is 10.2. The maximum Gasteiger partial charge on any atom is 0.316 e. The number of carbonyl (C=O) groups excluding carboxylic acids is 1. The van der Waals surface area contributed by atoms with Gasteiger partial charge >= 0.3 is 6.03 Å². The van der Waals surface area contributed by atoms with Crippen molar-refractivity contribution in [2.45, 2.75) is 6.54 Å². The molecule has 0 bridgehead atoms. The second-order valence-corrected chi connectivity index (χ2v) is 4.49. The van der Waals surface area contributed by atoms with Crippen LogP contribution in [0.25, 0.3) is 0 Å². The molecule has 1 aliphatic heterocycles. The van der Waals surface area contributed by atoms with Gasteiger partial charge in [0.1, 0.15) is 0 Å². The van der Waals surface area contributed by atoms with Crippen LogP contribution in [0.15, 0.2) is 18.2 Å². The first-order chi connectivity index (χ1) is 9.16. The molecule has 6 heteroatoms. The number of fused-ring (bicyclic) bond motifs is 1. The van der Waals surface area contributed by atoms with E-state index in [2.05, 4.69) is 10.6 Å². The van der Waals surface area contributed by atoms with E-state index < -0.39 is 0 Å². The standard InChI is InChI=1S/C13H19N3O3/c1-16(2)13(17)15-6-5-14-8-10-3-4-11-12(7-10)19-9-18-11/h3-4,7,14H,5-6,8-9H2,1-2H3,(H,15,17). The summed E-state index contributed by atoms with van der Waals surface area (Å²) in [6, 6.07) is 5.80. The average molecular weight is 265 g/mol. The van der Waals surface area contributed by atoms with Crippen molar-refractivity contribution in [3.05, 3.63) is 23.8 Å². The zero-order valence-corrected chi connectivity index (χ0v) is 11.2. The van der Waals surface area contributed by atoms with Crippen molar-refractivity contribution in [2.24, 2.45) is 0 Å². The first-order valence-corrected chi connectivity index (χ1v) is 6.21. The molecule has 2 rings (SSSR count). The number of nitrogens with zero attached hydrogens (tertiary/aromatic N) is 1. The minimum atomic E-state index is -0.0788. The van der Waals surface area contributed by atoms with Crippen LogP contribution in [0, 0.1) is 0 Å². The molecule has 1 heterocycles. The number of hydrogen-bond donors (Lipinski definition) is 2. The SMILES string of the molecule is CN(C)C(=O)NCCNCc1ccc2c(c1)OCO2. The van der Waals surface area contributed by atoms with Crippen LogP contribution in [-0.2, 0) is 6.54 Å². The van der Waals surface area contributed by atoms with Crippen LogP contribution in [0.2, 0.25) is 0 Å². The zero-order valence-electron chi connectivity index (χ0n) is 11.2. The highest BCUT2D eigenvalue weighted by molar-refractivity contribution is 5.73. The van der Waals surface area contributed by atoms with E-state index in [0.29, 0.717) is 19.9 Å². The van der Waals surface area contributed by atoms with Crippen LogP contribution >= 0.6 is 0 Å². The molecule has 0 aliphatic carbocycles. The van der Waals surface area contributed by atoms with Gasteiger partial charge in [0.05, 0.1) is 0 Å². The van der Waals surface area contributed by atoms with Crippen molar-refractivity contribution < 1.29 is 14.3 Å². The van der Waals surface area contributed by atoms with Crippen molar-refractivity contribution in [3.63, 3.8) is 0 Å². The smallest absolute Gasteiger partial charge is 0.316 e. The van der Waals surface area contributed by atoms with Crippen LogP contribution in [0.4, 0.5) is 4.79 Å². The minimum absolute atomic E-state index is 0.0788. The molecule has 0 spiro atoms. The number of urea groups is 1. The molecule has 0 atom stereocenters. The quantitative estimate of drug-likeness (QED) is 0.772. The first-order valence-electron chi connectivity index (χ1n) is 6.21. The lowest BCUT2D eigenvalue weighted by Crippen LogP contribution is -2.38. The lowest BCUT2D eigenvalue weighted by Gasteiger charge is -2.12. The Labute approximate surface area is 112 Å². The second-order valence-electron chi connectivity index (χ2n) is 4.49. The summed E-state index contributed by atoms with van der Waals surface area (Å²) >= 11 is 0. The molecule has 1 aromatic rings. The molecule has 0 saturated carbocycles. The summed E-state index contributed by atoms with van der Waals surface area (Å²) in [5.41, 5.74) is 1.13. The summed E-state index contributed by atoms with van der Waals surface area (Å²) in [7, 11) is 3.44. The minimum Gasteiger partial charge on any atom is -0.454 e. The van der Waals surface area contributed by atoms with Crippen molar-refractivity contribution in [1.82, 2.24) is 15.5 Å². The predicted octanol–water partition coefficient (Wildman–Crippen LogP) is 0.776. The van der Waals surface area contributed by atoms with Gasteiger partial charge in [0.15, 0.2) is 11.5 Å². The molecule has 1 aromatic carbocycles. The molecule has 6 nitrogen and oxygen atoms in total. The highest BCUT2D eigenvalue weighted by Gasteiger charge is 2.12. The normalized spacial score (nSPS) is 12.3.